The van der Waals surface area contributed by atoms with Crippen molar-refractivity contribution in [2.45, 2.75) is 19.0 Å². The molecule has 1 aliphatic heterocycles. The van der Waals surface area contributed by atoms with Crippen LogP contribution in [0.25, 0.3) is 0 Å². The van der Waals surface area contributed by atoms with Gasteiger partial charge < -0.3 is 20.1 Å². The minimum absolute atomic E-state index is 0.0783. The Kier molecular flexibility index (Phi) is 4.98. The molecule has 3 amide bonds. The third-order valence-corrected chi connectivity index (χ3v) is 5.03. The highest BCUT2D eigenvalue weighted by Gasteiger charge is 2.45. The average Bonchev–Trinajstić information content (AvgIpc) is 3.17. The molecule has 1 aromatic heterocycles. The number of carbonyl (C=O) groups excluding carboxylic acids is 3. The Labute approximate surface area is 157 Å². The Hall–Kier alpha value is -3.16. The summed E-state index contributed by atoms with van der Waals surface area (Å²) < 4.78 is 1.83. The van der Waals surface area contributed by atoms with Gasteiger partial charge in [0.15, 0.2) is 0 Å². The number of hydrogen-bond acceptors (Lipinski definition) is 4. The lowest BCUT2D eigenvalue weighted by molar-refractivity contribution is -0.135. The number of aromatic nitrogens is 2. The number of carbonyl (C=O) groups is 3. The van der Waals surface area contributed by atoms with Crippen molar-refractivity contribution in [2.24, 2.45) is 18.7 Å². The van der Waals surface area contributed by atoms with E-state index in [2.05, 4.69) is 4.98 Å². The highest BCUT2D eigenvalue weighted by atomic mass is 16.2. The molecule has 8 heteroatoms. The van der Waals surface area contributed by atoms with E-state index in [9.17, 15) is 14.4 Å². The molecule has 0 unspecified atom stereocenters. The molecule has 1 aromatic carbocycles. The van der Waals surface area contributed by atoms with Gasteiger partial charge in [-0.2, -0.15) is 0 Å². The fourth-order valence-corrected chi connectivity index (χ4v) is 3.56. The largest absolute Gasteiger partial charge is 0.366 e. The number of nitrogens with two attached hydrogens (primary N) is 1. The van der Waals surface area contributed by atoms with Crippen LogP contribution in [0.4, 0.5) is 0 Å². The molecule has 0 aliphatic carbocycles. The molecule has 2 atom stereocenters. The quantitative estimate of drug-likeness (QED) is 0.838. The highest BCUT2D eigenvalue weighted by Crippen LogP contribution is 2.37. The molecule has 0 radical (unpaired) electrons. The minimum atomic E-state index is -0.510. The van der Waals surface area contributed by atoms with E-state index in [0.717, 1.165) is 5.56 Å². The number of nitrogens with zero attached hydrogens (tertiary/aromatic N) is 4. The Bertz CT molecular complexity index is 891. The second-order valence-corrected chi connectivity index (χ2v) is 6.92. The van der Waals surface area contributed by atoms with Crippen molar-refractivity contribution in [1.29, 1.82) is 0 Å². The number of rotatable bonds is 5. The summed E-state index contributed by atoms with van der Waals surface area (Å²) in [5.74, 6) is -0.543. The molecule has 2 heterocycles. The van der Waals surface area contributed by atoms with Crippen molar-refractivity contribution in [3.63, 3.8) is 0 Å². The zero-order valence-corrected chi connectivity index (χ0v) is 15.6. The summed E-state index contributed by atoms with van der Waals surface area (Å²) >= 11 is 0. The third-order valence-electron chi connectivity index (χ3n) is 5.03. The van der Waals surface area contributed by atoms with Crippen LogP contribution in [0.3, 0.4) is 0 Å². The second-order valence-electron chi connectivity index (χ2n) is 6.92. The molecule has 2 N–H and O–H groups in total. The van der Waals surface area contributed by atoms with E-state index in [1.807, 2.05) is 17.7 Å². The van der Waals surface area contributed by atoms with Crippen molar-refractivity contribution in [1.82, 2.24) is 19.4 Å². The van der Waals surface area contributed by atoms with Gasteiger partial charge in [0.05, 0.1) is 5.92 Å². The maximum Gasteiger partial charge on any atom is 0.248 e. The molecule has 1 fully saturated rings. The number of hydrogen-bond donors (Lipinski definition) is 1. The van der Waals surface area contributed by atoms with Crippen LogP contribution in [0.15, 0.2) is 36.7 Å². The fourth-order valence-electron chi connectivity index (χ4n) is 3.56. The normalized spacial score (nSPS) is 19.4. The summed E-state index contributed by atoms with van der Waals surface area (Å²) in [6.07, 6.45) is 3.61. The van der Waals surface area contributed by atoms with Crippen LogP contribution in [-0.2, 0) is 23.2 Å². The molecular weight excluding hydrogens is 346 g/mol. The standard InChI is InChI=1S/C19H23N5O3/c1-22-8-7-21-18(22)16-14(10-15(25)24(16)3)19(27)23(2)11-12-5-4-6-13(9-12)17(20)26/h4-9,14,16H,10-11H2,1-3H3,(H2,20,26)/t14-,16-/m0/s1. The minimum Gasteiger partial charge on any atom is -0.366 e. The first-order valence-corrected chi connectivity index (χ1v) is 8.66. The maximum absolute atomic E-state index is 13.1. The van der Waals surface area contributed by atoms with Gasteiger partial charge in [-0.15, -0.1) is 0 Å². The van der Waals surface area contributed by atoms with E-state index in [-0.39, 0.29) is 18.2 Å². The predicted octanol–water partition coefficient (Wildman–Crippen LogP) is 0.697. The molecule has 27 heavy (non-hydrogen) atoms. The summed E-state index contributed by atoms with van der Waals surface area (Å²) in [7, 11) is 5.24. The van der Waals surface area contributed by atoms with E-state index in [4.69, 9.17) is 5.73 Å². The number of benzene rings is 1. The van der Waals surface area contributed by atoms with E-state index in [0.29, 0.717) is 17.9 Å². The van der Waals surface area contributed by atoms with E-state index < -0.39 is 17.9 Å². The Morgan fingerprint density at radius 3 is 2.70 bits per heavy atom. The lowest BCUT2D eigenvalue weighted by Crippen LogP contribution is -2.36. The summed E-state index contributed by atoms with van der Waals surface area (Å²) in [6, 6.07) is 6.48. The van der Waals surface area contributed by atoms with Crippen LogP contribution >= 0.6 is 0 Å². The van der Waals surface area contributed by atoms with Gasteiger partial charge >= 0.3 is 0 Å². The van der Waals surface area contributed by atoms with Crippen LogP contribution in [0.1, 0.15) is 34.2 Å². The highest BCUT2D eigenvalue weighted by molar-refractivity contribution is 5.93. The third kappa shape index (κ3) is 3.55. The molecule has 1 saturated heterocycles. The SMILES string of the molecule is CN(Cc1cccc(C(N)=O)c1)C(=O)[C@H]1CC(=O)N(C)[C@@H]1c1nccn1C. The van der Waals surface area contributed by atoms with Gasteiger partial charge in [0.25, 0.3) is 0 Å². The zero-order chi connectivity index (χ0) is 19.7. The van der Waals surface area contributed by atoms with Gasteiger partial charge in [-0.25, -0.2) is 4.98 Å². The summed E-state index contributed by atoms with van der Waals surface area (Å²) in [4.78, 5) is 44.2. The topological polar surface area (TPSA) is 102 Å². The smallest absolute Gasteiger partial charge is 0.248 e. The van der Waals surface area contributed by atoms with Gasteiger partial charge in [0, 0.05) is 52.1 Å². The van der Waals surface area contributed by atoms with Gasteiger partial charge in [0.2, 0.25) is 17.7 Å². The summed E-state index contributed by atoms with van der Waals surface area (Å²) in [6.45, 7) is 0.321. The first-order valence-electron chi connectivity index (χ1n) is 8.66. The van der Waals surface area contributed by atoms with Gasteiger partial charge in [-0.1, -0.05) is 12.1 Å². The number of aryl methyl sites for hydroxylation is 1. The summed E-state index contributed by atoms with van der Waals surface area (Å²) in [5.41, 5.74) is 6.52. The molecule has 1 aliphatic rings. The number of primary amides is 1. The monoisotopic (exact) mass is 369 g/mol. The van der Waals surface area contributed by atoms with Crippen LogP contribution < -0.4 is 5.73 Å². The number of amides is 3. The molecular formula is C19H23N5O3. The lowest BCUT2D eigenvalue weighted by Gasteiger charge is -2.27. The molecule has 3 rings (SSSR count). The van der Waals surface area contributed by atoms with Gasteiger partial charge in [-0.05, 0) is 17.7 Å². The lowest BCUT2D eigenvalue weighted by atomic mass is 9.97. The van der Waals surface area contributed by atoms with Crippen LogP contribution in [0, 0.1) is 5.92 Å². The van der Waals surface area contributed by atoms with E-state index in [1.54, 1.807) is 54.5 Å². The van der Waals surface area contributed by atoms with Gasteiger partial charge in [0.1, 0.15) is 11.9 Å². The van der Waals surface area contributed by atoms with E-state index >= 15 is 0 Å². The van der Waals surface area contributed by atoms with Crippen LogP contribution in [0.5, 0.6) is 0 Å². The van der Waals surface area contributed by atoms with Crippen molar-refractivity contribution in [2.75, 3.05) is 14.1 Å². The molecule has 0 saturated carbocycles. The number of imidazole rings is 1. The predicted molar refractivity (Wildman–Crippen MR) is 98.3 cm³/mol. The van der Waals surface area contributed by atoms with Crippen LogP contribution in [0.2, 0.25) is 0 Å². The first-order chi connectivity index (χ1) is 12.8. The first kappa shape index (κ1) is 18.6. The Morgan fingerprint density at radius 2 is 2.07 bits per heavy atom. The average molecular weight is 369 g/mol. The fraction of sp³-hybridized carbons (Fsp3) is 0.368. The molecule has 0 spiro atoms. The van der Waals surface area contributed by atoms with Crippen molar-refractivity contribution < 1.29 is 14.4 Å². The summed E-state index contributed by atoms with van der Waals surface area (Å²) in [5, 5.41) is 0. The molecule has 142 valence electrons. The maximum atomic E-state index is 13.1. The number of likely N-dealkylation sites (tertiary alicyclic amines) is 1. The van der Waals surface area contributed by atoms with Crippen molar-refractivity contribution >= 4 is 17.7 Å². The van der Waals surface area contributed by atoms with Crippen molar-refractivity contribution in [3.05, 3.63) is 53.6 Å². The van der Waals surface area contributed by atoms with Gasteiger partial charge in [-0.3, -0.25) is 14.4 Å². The molecule has 0 bridgehead atoms. The molecule has 2 aromatic rings. The zero-order valence-electron chi connectivity index (χ0n) is 15.6. The van der Waals surface area contributed by atoms with E-state index in [1.165, 1.54) is 0 Å². The Morgan fingerprint density at radius 1 is 1.33 bits per heavy atom. The van der Waals surface area contributed by atoms with Crippen molar-refractivity contribution in [3.8, 4) is 0 Å². The second kappa shape index (κ2) is 7.22. The van der Waals surface area contributed by atoms with Crippen LogP contribution in [-0.4, -0.2) is 51.2 Å². The Balaban J connectivity index is 1.81. The molecule has 8 nitrogen and oxygen atoms in total.